The first-order chi connectivity index (χ1) is 14.5. The molecule has 0 unspecified atom stereocenters. The van der Waals surface area contributed by atoms with Gasteiger partial charge in [0.05, 0.1) is 21.4 Å². The Kier molecular flexibility index (Phi) is 6.09. The minimum Gasteiger partial charge on any atom is -0.335 e. The molecule has 8 heteroatoms. The standard InChI is InChI=1S/C22H21Cl2FN4O/c1-2-27-9-11-28(12-10-27)22(30)21-14-20(16-5-3-4-6-19(16)25)26-29(21)15-7-8-17(23)18(24)13-15/h3-8,13-14H,2,9-12H2,1H3. The highest BCUT2D eigenvalue weighted by Crippen LogP contribution is 2.28. The highest BCUT2D eigenvalue weighted by atomic mass is 35.5. The number of hydrogen-bond donors (Lipinski definition) is 0. The van der Waals surface area contributed by atoms with E-state index in [0.717, 1.165) is 19.6 Å². The van der Waals surface area contributed by atoms with E-state index in [-0.39, 0.29) is 5.91 Å². The van der Waals surface area contributed by atoms with E-state index in [1.807, 2.05) is 4.90 Å². The van der Waals surface area contributed by atoms with Crippen LogP contribution < -0.4 is 0 Å². The maximum absolute atomic E-state index is 14.4. The fourth-order valence-corrected chi connectivity index (χ4v) is 3.87. The van der Waals surface area contributed by atoms with Gasteiger partial charge < -0.3 is 9.80 Å². The van der Waals surface area contributed by atoms with Gasteiger partial charge in [-0.3, -0.25) is 4.79 Å². The predicted molar refractivity (Wildman–Crippen MR) is 117 cm³/mol. The van der Waals surface area contributed by atoms with E-state index in [9.17, 15) is 9.18 Å². The molecule has 0 aliphatic carbocycles. The van der Waals surface area contributed by atoms with Crippen molar-refractivity contribution in [3.8, 4) is 16.9 Å². The molecule has 5 nitrogen and oxygen atoms in total. The summed E-state index contributed by atoms with van der Waals surface area (Å²) >= 11 is 12.2. The molecule has 0 spiro atoms. The van der Waals surface area contributed by atoms with Crippen molar-refractivity contribution in [1.82, 2.24) is 19.6 Å². The van der Waals surface area contributed by atoms with E-state index in [0.29, 0.717) is 45.8 Å². The summed E-state index contributed by atoms with van der Waals surface area (Å²) in [6.45, 7) is 5.98. The zero-order valence-electron chi connectivity index (χ0n) is 16.5. The molecular weight excluding hydrogens is 426 g/mol. The Hall–Kier alpha value is -2.41. The number of benzene rings is 2. The van der Waals surface area contributed by atoms with Crippen molar-refractivity contribution >= 4 is 29.1 Å². The maximum Gasteiger partial charge on any atom is 0.272 e. The number of amides is 1. The van der Waals surface area contributed by atoms with Crippen molar-refractivity contribution in [3.63, 3.8) is 0 Å². The topological polar surface area (TPSA) is 41.4 Å². The van der Waals surface area contributed by atoms with Crippen LogP contribution in [0.3, 0.4) is 0 Å². The molecule has 1 fully saturated rings. The molecule has 2 aromatic carbocycles. The summed E-state index contributed by atoms with van der Waals surface area (Å²) in [7, 11) is 0. The molecule has 1 amide bonds. The highest BCUT2D eigenvalue weighted by molar-refractivity contribution is 6.42. The summed E-state index contributed by atoms with van der Waals surface area (Å²) in [4.78, 5) is 17.5. The van der Waals surface area contributed by atoms with E-state index in [2.05, 4.69) is 16.9 Å². The van der Waals surface area contributed by atoms with Gasteiger partial charge in [0.2, 0.25) is 0 Å². The third kappa shape index (κ3) is 4.08. The molecule has 1 aliphatic heterocycles. The number of likely N-dealkylation sites (N-methyl/N-ethyl adjacent to an activating group) is 1. The Morgan fingerprint density at radius 1 is 1.03 bits per heavy atom. The average molecular weight is 447 g/mol. The number of carbonyl (C=O) groups is 1. The molecule has 0 bridgehead atoms. The third-order valence-electron chi connectivity index (χ3n) is 5.33. The third-order valence-corrected chi connectivity index (χ3v) is 6.07. The van der Waals surface area contributed by atoms with Gasteiger partial charge in [-0.05, 0) is 42.9 Å². The molecule has 0 saturated carbocycles. The zero-order chi connectivity index (χ0) is 21.3. The summed E-state index contributed by atoms with van der Waals surface area (Å²) < 4.78 is 15.9. The number of halogens is 3. The van der Waals surface area contributed by atoms with Gasteiger partial charge in [-0.25, -0.2) is 9.07 Å². The highest BCUT2D eigenvalue weighted by Gasteiger charge is 2.26. The average Bonchev–Trinajstić information content (AvgIpc) is 3.20. The fraction of sp³-hybridized carbons (Fsp3) is 0.273. The second-order valence-electron chi connectivity index (χ2n) is 7.13. The Morgan fingerprint density at radius 3 is 2.43 bits per heavy atom. The summed E-state index contributed by atoms with van der Waals surface area (Å²) in [6, 6.07) is 13.0. The number of nitrogens with zero attached hydrogens (tertiary/aromatic N) is 4. The number of rotatable bonds is 4. The van der Waals surface area contributed by atoms with Crippen LogP contribution in [0.25, 0.3) is 16.9 Å². The van der Waals surface area contributed by atoms with Gasteiger partial charge in [-0.1, -0.05) is 42.3 Å². The molecule has 30 heavy (non-hydrogen) atoms. The van der Waals surface area contributed by atoms with Gasteiger partial charge in [0.15, 0.2) is 0 Å². The molecule has 156 valence electrons. The summed E-state index contributed by atoms with van der Waals surface area (Å²) in [5.41, 5.74) is 1.66. The second kappa shape index (κ2) is 8.76. The van der Waals surface area contributed by atoms with Gasteiger partial charge in [0.25, 0.3) is 5.91 Å². The molecule has 1 saturated heterocycles. The Labute approximate surface area is 184 Å². The first-order valence-corrected chi connectivity index (χ1v) is 10.6. The van der Waals surface area contributed by atoms with Crippen molar-refractivity contribution in [2.75, 3.05) is 32.7 Å². The van der Waals surface area contributed by atoms with Crippen LogP contribution in [-0.4, -0.2) is 58.2 Å². The van der Waals surface area contributed by atoms with Gasteiger partial charge in [-0.2, -0.15) is 5.10 Å². The van der Waals surface area contributed by atoms with Crippen LogP contribution in [0.15, 0.2) is 48.5 Å². The quantitative estimate of drug-likeness (QED) is 0.579. The van der Waals surface area contributed by atoms with Crippen molar-refractivity contribution in [1.29, 1.82) is 0 Å². The van der Waals surface area contributed by atoms with Crippen LogP contribution >= 0.6 is 23.2 Å². The lowest BCUT2D eigenvalue weighted by Crippen LogP contribution is -2.48. The molecular formula is C22H21Cl2FN4O. The van der Waals surface area contributed by atoms with Gasteiger partial charge in [-0.15, -0.1) is 0 Å². The first kappa shape index (κ1) is 20.8. The zero-order valence-corrected chi connectivity index (χ0v) is 18.0. The van der Waals surface area contributed by atoms with Gasteiger partial charge in [0, 0.05) is 31.7 Å². The van der Waals surface area contributed by atoms with Crippen molar-refractivity contribution in [2.45, 2.75) is 6.92 Å². The number of piperazine rings is 1. The lowest BCUT2D eigenvalue weighted by molar-refractivity contribution is 0.0634. The minimum atomic E-state index is -0.396. The Balaban J connectivity index is 1.77. The smallest absolute Gasteiger partial charge is 0.272 e. The van der Waals surface area contributed by atoms with Gasteiger partial charge in [0.1, 0.15) is 11.5 Å². The van der Waals surface area contributed by atoms with Crippen LogP contribution in [0, 0.1) is 5.82 Å². The summed E-state index contributed by atoms with van der Waals surface area (Å²) in [5.74, 6) is -0.543. The van der Waals surface area contributed by atoms with Crippen molar-refractivity contribution < 1.29 is 9.18 Å². The summed E-state index contributed by atoms with van der Waals surface area (Å²) in [5, 5.41) is 5.31. The van der Waals surface area contributed by atoms with Crippen LogP contribution in [0.1, 0.15) is 17.4 Å². The number of aromatic nitrogens is 2. The fourth-order valence-electron chi connectivity index (χ4n) is 3.58. The van der Waals surface area contributed by atoms with Crippen molar-refractivity contribution in [3.05, 3.63) is 70.1 Å². The second-order valence-corrected chi connectivity index (χ2v) is 7.95. The molecule has 0 radical (unpaired) electrons. The molecule has 1 aliphatic rings. The molecule has 0 N–H and O–H groups in total. The van der Waals surface area contributed by atoms with Crippen LogP contribution in [0.2, 0.25) is 10.0 Å². The number of hydrogen-bond acceptors (Lipinski definition) is 3. The maximum atomic E-state index is 14.4. The van der Waals surface area contributed by atoms with Gasteiger partial charge >= 0.3 is 0 Å². The molecule has 1 aromatic heterocycles. The minimum absolute atomic E-state index is 0.146. The SMILES string of the molecule is CCN1CCN(C(=O)c2cc(-c3ccccc3F)nn2-c2ccc(Cl)c(Cl)c2)CC1. The molecule has 4 rings (SSSR count). The lowest BCUT2D eigenvalue weighted by atomic mass is 10.1. The van der Waals surface area contributed by atoms with Crippen LogP contribution in [-0.2, 0) is 0 Å². The predicted octanol–water partition coefficient (Wildman–Crippen LogP) is 4.76. The van der Waals surface area contributed by atoms with E-state index < -0.39 is 5.82 Å². The molecule has 3 aromatic rings. The Bertz CT molecular complexity index is 1080. The summed E-state index contributed by atoms with van der Waals surface area (Å²) in [6.07, 6.45) is 0. The van der Waals surface area contributed by atoms with Crippen molar-refractivity contribution in [2.24, 2.45) is 0 Å². The normalized spacial score (nSPS) is 14.9. The van der Waals surface area contributed by atoms with Crippen LogP contribution in [0.5, 0.6) is 0 Å². The van der Waals surface area contributed by atoms with E-state index in [1.165, 1.54) is 10.7 Å². The van der Waals surface area contributed by atoms with E-state index >= 15 is 0 Å². The number of carbonyl (C=O) groups excluding carboxylic acids is 1. The first-order valence-electron chi connectivity index (χ1n) is 9.80. The lowest BCUT2D eigenvalue weighted by Gasteiger charge is -2.34. The monoisotopic (exact) mass is 446 g/mol. The largest absolute Gasteiger partial charge is 0.335 e. The molecule has 2 heterocycles. The van der Waals surface area contributed by atoms with E-state index in [1.54, 1.807) is 42.5 Å². The Morgan fingerprint density at radius 2 is 1.77 bits per heavy atom. The molecule has 0 atom stereocenters. The van der Waals surface area contributed by atoms with Crippen LogP contribution in [0.4, 0.5) is 4.39 Å². The van der Waals surface area contributed by atoms with E-state index in [4.69, 9.17) is 23.2 Å².